The van der Waals surface area contributed by atoms with Gasteiger partial charge in [0.15, 0.2) is 0 Å². The number of amides is 1. The van der Waals surface area contributed by atoms with E-state index in [0.717, 1.165) is 32.6 Å². The van der Waals surface area contributed by atoms with Gasteiger partial charge in [-0.25, -0.2) is 0 Å². The molecule has 0 heterocycles. The van der Waals surface area contributed by atoms with E-state index in [1.807, 2.05) is 6.08 Å². The molecule has 0 radical (unpaired) electrons. The van der Waals surface area contributed by atoms with Gasteiger partial charge < -0.3 is 10.2 Å². The number of hydrogen-bond donors (Lipinski definition) is 1. The molecular weight excluding hydrogens is 236 g/mol. The second-order valence-electron chi connectivity index (χ2n) is 4.92. The fourth-order valence-electron chi connectivity index (χ4n) is 1.99. The number of likely N-dealkylation sites (N-methyl/N-ethyl adjacent to an activating group) is 1. The maximum Gasteiger partial charge on any atom is 0.243 e. The predicted octanol–water partition coefficient (Wildman–Crippen LogP) is 3.36. The molecule has 112 valence electrons. The van der Waals surface area contributed by atoms with Crippen LogP contribution in [0.2, 0.25) is 0 Å². The lowest BCUT2D eigenvalue weighted by Gasteiger charge is -2.17. The highest BCUT2D eigenvalue weighted by Gasteiger charge is 1.99. The molecule has 0 spiro atoms. The van der Waals surface area contributed by atoms with Crippen LogP contribution in [0.5, 0.6) is 0 Å². The number of hydrogen-bond acceptors (Lipinski definition) is 2. The normalized spacial score (nSPS) is 11.4. The van der Waals surface area contributed by atoms with Crippen LogP contribution in [0.15, 0.2) is 12.2 Å². The van der Waals surface area contributed by atoms with E-state index in [4.69, 9.17) is 0 Å². The Morgan fingerprint density at radius 1 is 1.05 bits per heavy atom. The van der Waals surface area contributed by atoms with Crippen molar-refractivity contribution in [3.8, 4) is 0 Å². The Morgan fingerprint density at radius 2 is 1.74 bits per heavy atom. The molecule has 1 amide bonds. The Morgan fingerprint density at radius 3 is 2.37 bits per heavy atom. The fourth-order valence-corrected chi connectivity index (χ4v) is 1.99. The molecule has 3 nitrogen and oxygen atoms in total. The van der Waals surface area contributed by atoms with Crippen molar-refractivity contribution in [1.29, 1.82) is 0 Å². The van der Waals surface area contributed by atoms with Gasteiger partial charge in [0.2, 0.25) is 5.91 Å². The molecule has 0 aliphatic rings. The Kier molecular flexibility index (Phi) is 13.0. The second kappa shape index (κ2) is 13.6. The summed E-state index contributed by atoms with van der Waals surface area (Å²) in [5.74, 6) is 0.0423. The Bertz CT molecular complexity index is 235. The summed E-state index contributed by atoms with van der Waals surface area (Å²) in [5.41, 5.74) is 0. The van der Waals surface area contributed by atoms with Gasteiger partial charge in [0.25, 0.3) is 0 Å². The van der Waals surface area contributed by atoms with E-state index in [-0.39, 0.29) is 5.91 Å². The van der Waals surface area contributed by atoms with Crippen molar-refractivity contribution in [3.05, 3.63) is 12.2 Å². The summed E-state index contributed by atoms with van der Waals surface area (Å²) in [5, 5.41) is 2.93. The number of allylic oxidation sites excluding steroid dienone is 1. The van der Waals surface area contributed by atoms with Crippen LogP contribution in [0.25, 0.3) is 0 Å². The monoisotopic (exact) mass is 268 g/mol. The number of carbonyl (C=O) groups is 1. The lowest BCUT2D eigenvalue weighted by Crippen LogP contribution is -2.34. The molecular formula is C16H32N2O. The van der Waals surface area contributed by atoms with E-state index in [1.54, 1.807) is 6.08 Å². The van der Waals surface area contributed by atoms with Crippen LogP contribution in [0, 0.1) is 0 Å². The first-order valence-corrected chi connectivity index (χ1v) is 7.91. The average molecular weight is 268 g/mol. The summed E-state index contributed by atoms with van der Waals surface area (Å²) < 4.78 is 0. The largest absolute Gasteiger partial charge is 0.351 e. The first-order valence-electron chi connectivity index (χ1n) is 7.91. The zero-order chi connectivity index (χ0) is 14.3. The molecule has 0 saturated carbocycles. The standard InChI is InChI=1S/C16H32N2O/c1-4-7-8-9-10-11-12-13-16(19)17-14-15-18(5-2)6-3/h12-13H,4-11,14-15H2,1-3H3,(H,17,19). The van der Waals surface area contributed by atoms with Gasteiger partial charge in [0.05, 0.1) is 0 Å². The Hall–Kier alpha value is -0.830. The number of carbonyl (C=O) groups excluding carboxylic acids is 1. The molecule has 1 N–H and O–H groups in total. The third-order valence-corrected chi connectivity index (χ3v) is 3.37. The Labute approximate surface area is 119 Å². The maximum atomic E-state index is 11.5. The first kappa shape index (κ1) is 18.2. The van der Waals surface area contributed by atoms with Gasteiger partial charge in [-0.3, -0.25) is 4.79 Å². The van der Waals surface area contributed by atoms with Crippen LogP contribution in [-0.2, 0) is 4.79 Å². The van der Waals surface area contributed by atoms with Crippen LogP contribution in [-0.4, -0.2) is 37.0 Å². The van der Waals surface area contributed by atoms with E-state index in [1.165, 1.54) is 32.1 Å². The van der Waals surface area contributed by atoms with Gasteiger partial charge in [-0.05, 0) is 32.0 Å². The highest BCUT2D eigenvalue weighted by Crippen LogP contribution is 2.05. The zero-order valence-corrected chi connectivity index (χ0v) is 13.1. The molecule has 0 rings (SSSR count). The van der Waals surface area contributed by atoms with Gasteiger partial charge in [-0.1, -0.05) is 52.5 Å². The van der Waals surface area contributed by atoms with Crippen LogP contribution < -0.4 is 5.32 Å². The van der Waals surface area contributed by atoms with Crippen LogP contribution in [0.1, 0.15) is 59.3 Å². The van der Waals surface area contributed by atoms with Gasteiger partial charge in [0.1, 0.15) is 0 Å². The molecule has 0 fully saturated rings. The fraction of sp³-hybridized carbons (Fsp3) is 0.812. The Balaban J connectivity index is 3.47. The molecule has 0 aliphatic heterocycles. The van der Waals surface area contributed by atoms with Gasteiger partial charge >= 0.3 is 0 Å². The molecule has 3 heteroatoms. The molecule has 0 saturated heterocycles. The summed E-state index contributed by atoms with van der Waals surface area (Å²) in [6, 6.07) is 0. The van der Waals surface area contributed by atoms with E-state index < -0.39 is 0 Å². The molecule has 0 aromatic carbocycles. The highest BCUT2D eigenvalue weighted by atomic mass is 16.1. The average Bonchev–Trinajstić information content (AvgIpc) is 2.42. The number of rotatable bonds is 12. The molecule has 0 aliphatic carbocycles. The molecule has 0 bridgehead atoms. The van der Waals surface area contributed by atoms with Crippen molar-refractivity contribution in [2.24, 2.45) is 0 Å². The third-order valence-electron chi connectivity index (χ3n) is 3.37. The summed E-state index contributed by atoms with van der Waals surface area (Å²) >= 11 is 0. The van der Waals surface area contributed by atoms with E-state index in [2.05, 4.69) is 31.0 Å². The van der Waals surface area contributed by atoms with Gasteiger partial charge in [0, 0.05) is 13.1 Å². The molecule has 19 heavy (non-hydrogen) atoms. The van der Waals surface area contributed by atoms with Crippen LogP contribution in [0.4, 0.5) is 0 Å². The van der Waals surface area contributed by atoms with E-state index >= 15 is 0 Å². The molecule has 0 atom stereocenters. The number of unbranched alkanes of at least 4 members (excludes halogenated alkanes) is 5. The van der Waals surface area contributed by atoms with Gasteiger partial charge in [-0.15, -0.1) is 0 Å². The van der Waals surface area contributed by atoms with Crippen molar-refractivity contribution in [2.45, 2.75) is 59.3 Å². The SMILES string of the molecule is CCCCCCCC=CC(=O)NCCN(CC)CC. The van der Waals surface area contributed by atoms with Crippen molar-refractivity contribution in [1.82, 2.24) is 10.2 Å². The van der Waals surface area contributed by atoms with Crippen molar-refractivity contribution in [2.75, 3.05) is 26.2 Å². The van der Waals surface area contributed by atoms with Crippen LogP contribution >= 0.6 is 0 Å². The van der Waals surface area contributed by atoms with Crippen LogP contribution in [0.3, 0.4) is 0 Å². The van der Waals surface area contributed by atoms with Crippen molar-refractivity contribution >= 4 is 5.91 Å². The summed E-state index contributed by atoms with van der Waals surface area (Å²) in [4.78, 5) is 13.8. The zero-order valence-electron chi connectivity index (χ0n) is 13.1. The lowest BCUT2D eigenvalue weighted by atomic mass is 10.1. The maximum absolute atomic E-state index is 11.5. The number of nitrogens with one attached hydrogen (secondary N) is 1. The van der Waals surface area contributed by atoms with Gasteiger partial charge in [-0.2, -0.15) is 0 Å². The predicted molar refractivity (Wildman–Crippen MR) is 83.3 cm³/mol. The molecule has 0 aromatic heterocycles. The lowest BCUT2D eigenvalue weighted by molar-refractivity contribution is -0.116. The minimum atomic E-state index is 0.0423. The topological polar surface area (TPSA) is 32.3 Å². The van der Waals surface area contributed by atoms with Crippen molar-refractivity contribution in [3.63, 3.8) is 0 Å². The minimum absolute atomic E-state index is 0.0423. The highest BCUT2D eigenvalue weighted by molar-refractivity contribution is 5.87. The summed E-state index contributed by atoms with van der Waals surface area (Å²) in [6.07, 6.45) is 11.1. The molecule has 0 unspecified atom stereocenters. The molecule has 0 aromatic rings. The quantitative estimate of drug-likeness (QED) is 0.435. The van der Waals surface area contributed by atoms with Crippen molar-refractivity contribution < 1.29 is 4.79 Å². The smallest absolute Gasteiger partial charge is 0.243 e. The second-order valence-corrected chi connectivity index (χ2v) is 4.92. The van der Waals surface area contributed by atoms with E-state index in [0.29, 0.717) is 0 Å². The summed E-state index contributed by atoms with van der Waals surface area (Å²) in [7, 11) is 0. The van der Waals surface area contributed by atoms with E-state index in [9.17, 15) is 4.79 Å². The number of nitrogens with zero attached hydrogens (tertiary/aromatic N) is 1. The minimum Gasteiger partial charge on any atom is -0.351 e. The summed E-state index contributed by atoms with van der Waals surface area (Å²) in [6.45, 7) is 10.3. The first-order chi connectivity index (χ1) is 9.24. The third kappa shape index (κ3) is 12.0.